The van der Waals surface area contributed by atoms with Crippen LogP contribution in [-0.4, -0.2) is 22.2 Å². The van der Waals surface area contributed by atoms with Crippen LogP contribution in [0.1, 0.15) is 5.56 Å². The second kappa shape index (κ2) is 5.09. The predicted octanol–water partition coefficient (Wildman–Crippen LogP) is 2.27. The zero-order valence-corrected chi connectivity index (χ0v) is 9.81. The first-order chi connectivity index (χ1) is 7.38. The van der Waals surface area contributed by atoms with E-state index in [4.69, 9.17) is 0 Å². The molecule has 0 aromatic carbocycles. The third-order valence-corrected chi connectivity index (χ3v) is 3.71. The third kappa shape index (κ3) is 2.90. The number of thioether (sulfide) groups is 1. The van der Waals surface area contributed by atoms with E-state index in [9.17, 15) is 0 Å². The normalized spacial score (nSPS) is 10.2. The van der Waals surface area contributed by atoms with Crippen LogP contribution in [-0.2, 0) is 5.75 Å². The minimum atomic E-state index is 0.894. The number of pyridine rings is 1. The van der Waals surface area contributed by atoms with Gasteiger partial charge in [-0.1, -0.05) is 23.1 Å². The highest BCUT2D eigenvalue weighted by atomic mass is 32.2. The molecule has 0 aliphatic carbocycles. The van der Waals surface area contributed by atoms with Gasteiger partial charge in [-0.2, -0.15) is 0 Å². The van der Waals surface area contributed by atoms with Crippen LogP contribution >= 0.6 is 23.1 Å². The first-order valence-electron chi connectivity index (χ1n) is 4.40. The van der Waals surface area contributed by atoms with Crippen LogP contribution in [0.4, 0.5) is 5.82 Å². The van der Waals surface area contributed by atoms with Gasteiger partial charge in [0.05, 0.1) is 0 Å². The van der Waals surface area contributed by atoms with E-state index < -0.39 is 0 Å². The standard InChI is InChI=1S/C9H10N4S2/c1-10-8-4-7(2-3-11-8)5-14-9-13-12-6-15-9/h2-4,6H,5H2,1H3,(H,10,11). The fraction of sp³-hybridized carbons (Fsp3) is 0.222. The van der Waals surface area contributed by atoms with E-state index in [0.717, 1.165) is 15.9 Å². The fourth-order valence-electron chi connectivity index (χ4n) is 1.07. The smallest absolute Gasteiger partial charge is 0.174 e. The van der Waals surface area contributed by atoms with Gasteiger partial charge in [0.25, 0.3) is 0 Å². The Morgan fingerprint density at radius 1 is 1.53 bits per heavy atom. The van der Waals surface area contributed by atoms with Crippen molar-refractivity contribution in [1.29, 1.82) is 0 Å². The molecule has 0 radical (unpaired) electrons. The fourth-order valence-corrected chi connectivity index (χ4v) is 2.50. The maximum atomic E-state index is 4.16. The molecule has 2 rings (SSSR count). The minimum absolute atomic E-state index is 0.894. The predicted molar refractivity (Wildman–Crippen MR) is 63.3 cm³/mol. The lowest BCUT2D eigenvalue weighted by molar-refractivity contribution is 1.01. The van der Waals surface area contributed by atoms with Gasteiger partial charge in [-0.25, -0.2) is 4.98 Å². The van der Waals surface area contributed by atoms with E-state index in [0.29, 0.717) is 0 Å². The van der Waals surface area contributed by atoms with Crippen molar-refractivity contribution in [3.8, 4) is 0 Å². The van der Waals surface area contributed by atoms with Crippen LogP contribution in [0.3, 0.4) is 0 Å². The zero-order valence-electron chi connectivity index (χ0n) is 8.17. The summed E-state index contributed by atoms with van der Waals surface area (Å²) >= 11 is 3.25. The van der Waals surface area contributed by atoms with Crippen LogP contribution < -0.4 is 5.32 Å². The molecule has 2 heterocycles. The second-order valence-corrected chi connectivity index (χ2v) is 4.85. The molecule has 2 aromatic rings. The van der Waals surface area contributed by atoms with Crippen LogP contribution in [0.2, 0.25) is 0 Å². The number of anilines is 1. The van der Waals surface area contributed by atoms with Gasteiger partial charge in [-0.15, -0.1) is 10.2 Å². The Hall–Kier alpha value is -1.14. The third-order valence-electron chi connectivity index (χ3n) is 1.78. The molecule has 15 heavy (non-hydrogen) atoms. The van der Waals surface area contributed by atoms with Crippen molar-refractivity contribution in [2.45, 2.75) is 10.1 Å². The van der Waals surface area contributed by atoms with Crippen LogP contribution in [0.5, 0.6) is 0 Å². The molecule has 0 fully saturated rings. The Kier molecular flexibility index (Phi) is 3.52. The molecular weight excluding hydrogens is 228 g/mol. The Morgan fingerprint density at radius 2 is 2.47 bits per heavy atom. The van der Waals surface area contributed by atoms with Gasteiger partial charge in [-0.05, 0) is 17.7 Å². The SMILES string of the molecule is CNc1cc(CSc2nncs2)ccn1. The van der Waals surface area contributed by atoms with Gasteiger partial charge in [0, 0.05) is 19.0 Å². The molecule has 0 atom stereocenters. The quantitative estimate of drug-likeness (QED) is 0.828. The molecule has 0 spiro atoms. The lowest BCUT2D eigenvalue weighted by Crippen LogP contribution is -1.92. The van der Waals surface area contributed by atoms with Crippen molar-refractivity contribution in [3.63, 3.8) is 0 Å². The zero-order chi connectivity index (χ0) is 10.5. The average molecular weight is 238 g/mol. The summed E-state index contributed by atoms with van der Waals surface area (Å²) in [6.07, 6.45) is 1.81. The number of hydrogen-bond donors (Lipinski definition) is 1. The van der Waals surface area contributed by atoms with Gasteiger partial charge in [0.1, 0.15) is 11.3 Å². The summed E-state index contributed by atoms with van der Waals surface area (Å²) in [6.45, 7) is 0. The van der Waals surface area contributed by atoms with Crippen molar-refractivity contribution in [2.75, 3.05) is 12.4 Å². The maximum Gasteiger partial charge on any atom is 0.174 e. The number of nitrogens with zero attached hydrogens (tertiary/aromatic N) is 3. The van der Waals surface area contributed by atoms with Crippen molar-refractivity contribution >= 4 is 28.9 Å². The summed E-state index contributed by atoms with van der Waals surface area (Å²) in [4.78, 5) is 4.16. The van der Waals surface area contributed by atoms with Gasteiger partial charge in [0.2, 0.25) is 0 Å². The molecule has 2 aromatic heterocycles. The average Bonchev–Trinajstić information content (AvgIpc) is 2.79. The molecule has 0 amide bonds. The summed E-state index contributed by atoms with van der Waals surface area (Å²) in [6, 6.07) is 4.04. The van der Waals surface area contributed by atoms with Crippen molar-refractivity contribution in [3.05, 3.63) is 29.4 Å². The summed E-state index contributed by atoms with van der Waals surface area (Å²) in [5, 5.41) is 10.8. The van der Waals surface area contributed by atoms with E-state index in [1.807, 2.05) is 25.4 Å². The molecule has 0 saturated heterocycles. The van der Waals surface area contributed by atoms with E-state index in [1.54, 1.807) is 28.6 Å². The summed E-state index contributed by atoms with van der Waals surface area (Å²) in [5.74, 6) is 1.79. The molecule has 78 valence electrons. The first-order valence-corrected chi connectivity index (χ1v) is 6.26. The van der Waals surface area contributed by atoms with Gasteiger partial charge < -0.3 is 5.32 Å². The van der Waals surface area contributed by atoms with Crippen molar-refractivity contribution in [1.82, 2.24) is 15.2 Å². The van der Waals surface area contributed by atoms with E-state index in [-0.39, 0.29) is 0 Å². The van der Waals surface area contributed by atoms with Crippen molar-refractivity contribution < 1.29 is 0 Å². The Balaban J connectivity index is 1.98. The van der Waals surface area contributed by atoms with Gasteiger partial charge in [-0.3, -0.25) is 0 Å². The molecule has 0 aliphatic heterocycles. The van der Waals surface area contributed by atoms with E-state index in [2.05, 4.69) is 20.5 Å². The lowest BCUT2D eigenvalue weighted by Gasteiger charge is -2.01. The van der Waals surface area contributed by atoms with Crippen LogP contribution in [0.15, 0.2) is 28.2 Å². The van der Waals surface area contributed by atoms with Crippen molar-refractivity contribution in [2.24, 2.45) is 0 Å². The Labute approximate surface area is 96.2 Å². The molecule has 0 aliphatic rings. The highest BCUT2D eigenvalue weighted by Crippen LogP contribution is 2.23. The molecule has 0 saturated carbocycles. The van der Waals surface area contributed by atoms with E-state index >= 15 is 0 Å². The molecule has 0 bridgehead atoms. The largest absolute Gasteiger partial charge is 0.373 e. The van der Waals surface area contributed by atoms with Gasteiger partial charge in [0.15, 0.2) is 4.34 Å². The molecule has 6 heteroatoms. The number of hydrogen-bond acceptors (Lipinski definition) is 6. The monoisotopic (exact) mass is 238 g/mol. The second-order valence-electron chi connectivity index (χ2n) is 2.79. The summed E-state index contributed by atoms with van der Waals surface area (Å²) in [7, 11) is 1.87. The summed E-state index contributed by atoms with van der Waals surface area (Å²) < 4.78 is 0.998. The van der Waals surface area contributed by atoms with Crippen LogP contribution in [0, 0.1) is 0 Å². The highest BCUT2D eigenvalue weighted by Gasteiger charge is 2.00. The molecule has 0 unspecified atom stereocenters. The molecule has 1 N–H and O–H groups in total. The minimum Gasteiger partial charge on any atom is -0.373 e. The number of nitrogens with one attached hydrogen (secondary N) is 1. The Morgan fingerprint density at radius 3 is 3.20 bits per heavy atom. The first kappa shape index (κ1) is 10.4. The Bertz CT molecular complexity index is 416. The number of rotatable bonds is 4. The van der Waals surface area contributed by atoms with E-state index in [1.165, 1.54) is 5.56 Å². The van der Waals surface area contributed by atoms with Gasteiger partial charge >= 0.3 is 0 Å². The maximum absolute atomic E-state index is 4.16. The highest BCUT2D eigenvalue weighted by molar-refractivity contribution is 8.00. The molecule has 4 nitrogen and oxygen atoms in total. The summed E-state index contributed by atoms with van der Waals surface area (Å²) in [5.41, 5.74) is 2.98. The number of aromatic nitrogens is 3. The lowest BCUT2D eigenvalue weighted by atomic mass is 10.3. The molecular formula is C9H10N4S2. The van der Waals surface area contributed by atoms with Crippen LogP contribution in [0.25, 0.3) is 0 Å². The topological polar surface area (TPSA) is 50.7 Å².